The Balaban J connectivity index is 2.17. The highest BCUT2D eigenvalue weighted by Gasteiger charge is 2.03. The second kappa shape index (κ2) is 4.56. The maximum atomic E-state index is 4.02. The summed E-state index contributed by atoms with van der Waals surface area (Å²) in [7, 11) is 0. The van der Waals surface area contributed by atoms with Crippen molar-refractivity contribution in [1.82, 2.24) is 0 Å². The summed E-state index contributed by atoms with van der Waals surface area (Å²) in [5.74, 6) is 2.02. The predicted molar refractivity (Wildman–Crippen MR) is 48.7 cm³/mol. The van der Waals surface area contributed by atoms with Crippen LogP contribution >= 0.6 is 11.8 Å². The molecule has 1 atom stereocenters. The van der Waals surface area contributed by atoms with Crippen molar-refractivity contribution in [2.45, 2.75) is 12.8 Å². The second-order valence-corrected chi connectivity index (χ2v) is 3.44. The van der Waals surface area contributed by atoms with Gasteiger partial charge in [-0.05, 0) is 30.8 Å². The molecular formula is C8H13NS. The SMILES string of the molecule is CSCCC1C=CN=CC1. The minimum Gasteiger partial charge on any atom is -0.269 e. The molecule has 56 valence electrons. The Morgan fingerprint density at radius 1 is 1.70 bits per heavy atom. The van der Waals surface area contributed by atoms with Gasteiger partial charge in [0.15, 0.2) is 0 Å². The third-order valence-electron chi connectivity index (χ3n) is 1.65. The number of hydrogen-bond donors (Lipinski definition) is 0. The van der Waals surface area contributed by atoms with Crippen LogP contribution in [0.1, 0.15) is 12.8 Å². The average molecular weight is 155 g/mol. The molecular weight excluding hydrogens is 142 g/mol. The summed E-state index contributed by atoms with van der Waals surface area (Å²) in [4.78, 5) is 4.02. The van der Waals surface area contributed by atoms with Gasteiger partial charge in [0, 0.05) is 12.4 Å². The van der Waals surface area contributed by atoms with Crippen molar-refractivity contribution in [2.75, 3.05) is 12.0 Å². The van der Waals surface area contributed by atoms with E-state index in [1.807, 2.05) is 24.2 Å². The van der Waals surface area contributed by atoms with E-state index in [-0.39, 0.29) is 0 Å². The van der Waals surface area contributed by atoms with Gasteiger partial charge in [-0.1, -0.05) is 6.08 Å². The molecule has 0 aromatic rings. The normalized spacial score (nSPS) is 23.5. The van der Waals surface area contributed by atoms with Crippen LogP contribution in [-0.4, -0.2) is 18.2 Å². The number of rotatable bonds is 3. The van der Waals surface area contributed by atoms with Crippen LogP contribution in [0.5, 0.6) is 0 Å². The highest BCUT2D eigenvalue weighted by molar-refractivity contribution is 7.98. The Morgan fingerprint density at radius 3 is 3.20 bits per heavy atom. The molecule has 1 heterocycles. The van der Waals surface area contributed by atoms with Crippen LogP contribution in [0, 0.1) is 5.92 Å². The van der Waals surface area contributed by atoms with Gasteiger partial charge in [-0.3, -0.25) is 4.99 Å². The fourth-order valence-corrected chi connectivity index (χ4v) is 1.53. The van der Waals surface area contributed by atoms with Gasteiger partial charge in [-0.2, -0.15) is 11.8 Å². The highest BCUT2D eigenvalue weighted by Crippen LogP contribution is 2.14. The molecule has 2 heteroatoms. The van der Waals surface area contributed by atoms with Crippen LogP contribution in [0.25, 0.3) is 0 Å². The van der Waals surface area contributed by atoms with Crippen LogP contribution in [0.3, 0.4) is 0 Å². The maximum absolute atomic E-state index is 4.02. The van der Waals surface area contributed by atoms with E-state index in [1.165, 1.54) is 12.2 Å². The molecule has 1 aliphatic heterocycles. The zero-order valence-electron chi connectivity index (χ0n) is 6.29. The molecule has 0 aliphatic carbocycles. The summed E-state index contributed by atoms with van der Waals surface area (Å²) in [6.45, 7) is 0. The fraction of sp³-hybridized carbons (Fsp3) is 0.625. The highest BCUT2D eigenvalue weighted by atomic mass is 32.2. The van der Waals surface area contributed by atoms with E-state index in [0.717, 1.165) is 12.3 Å². The summed E-state index contributed by atoms with van der Waals surface area (Å²) >= 11 is 1.92. The fourth-order valence-electron chi connectivity index (χ4n) is 0.990. The third kappa shape index (κ3) is 2.56. The van der Waals surface area contributed by atoms with E-state index in [0.29, 0.717) is 0 Å². The molecule has 0 amide bonds. The number of nitrogens with zero attached hydrogens (tertiary/aromatic N) is 1. The maximum Gasteiger partial charge on any atom is 0.0226 e. The van der Waals surface area contributed by atoms with E-state index in [2.05, 4.69) is 17.3 Å². The topological polar surface area (TPSA) is 12.4 Å². The summed E-state index contributed by atoms with van der Waals surface area (Å²) in [5, 5.41) is 0. The average Bonchev–Trinajstić information content (AvgIpc) is 2.03. The first kappa shape index (κ1) is 7.86. The van der Waals surface area contributed by atoms with Crippen molar-refractivity contribution in [3.8, 4) is 0 Å². The van der Waals surface area contributed by atoms with Gasteiger partial charge in [-0.15, -0.1) is 0 Å². The van der Waals surface area contributed by atoms with Gasteiger partial charge in [-0.25, -0.2) is 0 Å². The van der Waals surface area contributed by atoms with Crippen molar-refractivity contribution in [3.05, 3.63) is 12.3 Å². The summed E-state index contributed by atoms with van der Waals surface area (Å²) < 4.78 is 0. The first-order chi connectivity index (χ1) is 4.93. The Hall–Kier alpha value is -0.240. The van der Waals surface area contributed by atoms with E-state index in [4.69, 9.17) is 0 Å². The lowest BCUT2D eigenvalue weighted by molar-refractivity contribution is 0.659. The quantitative estimate of drug-likeness (QED) is 0.609. The molecule has 10 heavy (non-hydrogen) atoms. The minimum absolute atomic E-state index is 0.755. The first-order valence-corrected chi connectivity index (χ1v) is 5.00. The van der Waals surface area contributed by atoms with Gasteiger partial charge >= 0.3 is 0 Å². The standard InChI is InChI=1S/C8H13NS/c1-10-7-4-8-2-5-9-6-3-8/h2,5-6,8H,3-4,7H2,1H3. The Bertz CT molecular complexity index is 140. The van der Waals surface area contributed by atoms with Crippen LogP contribution in [0.4, 0.5) is 0 Å². The smallest absolute Gasteiger partial charge is 0.0226 e. The van der Waals surface area contributed by atoms with Gasteiger partial charge in [0.25, 0.3) is 0 Å². The lowest BCUT2D eigenvalue weighted by atomic mass is 10.0. The van der Waals surface area contributed by atoms with Crippen molar-refractivity contribution in [3.63, 3.8) is 0 Å². The zero-order chi connectivity index (χ0) is 7.23. The Morgan fingerprint density at radius 2 is 2.60 bits per heavy atom. The molecule has 1 aliphatic rings. The van der Waals surface area contributed by atoms with Crippen LogP contribution in [0.2, 0.25) is 0 Å². The molecule has 0 saturated heterocycles. The molecule has 1 unspecified atom stereocenters. The summed E-state index contributed by atoms with van der Waals surface area (Å²) in [5.41, 5.74) is 0. The largest absolute Gasteiger partial charge is 0.269 e. The first-order valence-electron chi connectivity index (χ1n) is 3.60. The second-order valence-electron chi connectivity index (χ2n) is 2.45. The molecule has 0 radical (unpaired) electrons. The molecule has 1 rings (SSSR count). The molecule has 0 aromatic carbocycles. The molecule has 0 saturated carbocycles. The molecule has 1 nitrogen and oxygen atoms in total. The number of aliphatic imine (C=N–C) groups is 1. The van der Waals surface area contributed by atoms with E-state index >= 15 is 0 Å². The summed E-state index contributed by atoms with van der Waals surface area (Å²) in [6, 6.07) is 0. The van der Waals surface area contributed by atoms with Gasteiger partial charge < -0.3 is 0 Å². The zero-order valence-corrected chi connectivity index (χ0v) is 7.10. The number of thioether (sulfide) groups is 1. The molecule has 0 bridgehead atoms. The van der Waals surface area contributed by atoms with Crippen LogP contribution in [0.15, 0.2) is 17.3 Å². The minimum atomic E-state index is 0.755. The molecule has 0 fully saturated rings. The van der Waals surface area contributed by atoms with E-state index in [9.17, 15) is 0 Å². The lowest BCUT2D eigenvalue weighted by Crippen LogP contribution is -2.01. The third-order valence-corrected chi connectivity index (χ3v) is 2.29. The molecule has 0 N–H and O–H groups in total. The van der Waals surface area contributed by atoms with Crippen molar-refractivity contribution in [2.24, 2.45) is 10.9 Å². The van der Waals surface area contributed by atoms with Gasteiger partial charge in [0.05, 0.1) is 0 Å². The van der Waals surface area contributed by atoms with Crippen molar-refractivity contribution in [1.29, 1.82) is 0 Å². The van der Waals surface area contributed by atoms with Crippen molar-refractivity contribution < 1.29 is 0 Å². The summed E-state index contributed by atoms with van der Waals surface area (Å²) in [6.07, 6.45) is 10.7. The van der Waals surface area contributed by atoms with E-state index in [1.54, 1.807) is 0 Å². The van der Waals surface area contributed by atoms with Gasteiger partial charge in [0.2, 0.25) is 0 Å². The molecule has 0 spiro atoms. The van der Waals surface area contributed by atoms with Crippen LogP contribution < -0.4 is 0 Å². The van der Waals surface area contributed by atoms with Gasteiger partial charge in [0.1, 0.15) is 0 Å². The lowest BCUT2D eigenvalue weighted by Gasteiger charge is -2.09. The van der Waals surface area contributed by atoms with E-state index < -0.39 is 0 Å². The van der Waals surface area contributed by atoms with Crippen LogP contribution in [-0.2, 0) is 0 Å². The molecule has 0 aromatic heterocycles. The monoisotopic (exact) mass is 155 g/mol. The Labute approximate surface area is 66.6 Å². The predicted octanol–water partition coefficient (Wildman–Crippen LogP) is 2.34. The number of hydrogen-bond acceptors (Lipinski definition) is 2. The van der Waals surface area contributed by atoms with Crippen molar-refractivity contribution >= 4 is 18.0 Å². The number of allylic oxidation sites excluding steroid dienone is 1. The Kier molecular flexibility index (Phi) is 3.58.